The van der Waals surface area contributed by atoms with Gasteiger partial charge in [-0.05, 0) is 19.4 Å². The first-order valence-corrected chi connectivity index (χ1v) is 9.62. The lowest BCUT2D eigenvalue weighted by molar-refractivity contribution is -0.137. The maximum atomic E-state index is 13.2. The van der Waals surface area contributed by atoms with E-state index < -0.39 is 0 Å². The van der Waals surface area contributed by atoms with Crippen LogP contribution < -0.4 is 19.7 Å². The van der Waals surface area contributed by atoms with E-state index in [0.29, 0.717) is 23.7 Å². The number of ether oxygens (including phenoxy) is 2. The van der Waals surface area contributed by atoms with Crippen LogP contribution in [-0.4, -0.2) is 63.2 Å². The highest BCUT2D eigenvalue weighted by Gasteiger charge is 2.39. The number of carbonyl (C=O) groups excluding carboxylic acids is 2. The van der Waals surface area contributed by atoms with Crippen LogP contribution in [0.5, 0.6) is 11.5 Å². The largest absolute Gasteiger partial charge is 0.497 e. The predicted octanol–water partition coefficient (Wildman–Crippen LogP) is 1.66. The molecule has 0 aliphatic carbocycles. The fourth-order valence-corrected chi connectivity index (χ4v) is 3.92. The van der Waals surface area contributed by atoms with Crippen LogP contribution in [0.15, 0.2) is 18.2 Å². The van der Waals surface area contributed by atoms with E-state index in [2.05, 4.69) is 12.2 Å². The van der Waals surface area contributed by atoms with Gasteiger partial charge in [0, 0.05) is 50.3 Å². The fraction of sp³-hybridized carbons (Fsp3) is 0.600. The maximum Gasteiger partial charge on any atom is 0.228 e. The smallest absolute Gasteiger partial charge is 0.228 e. The molecule has 7 heteroatoms. The molecule has 7 nitrogen and oxygen atoms in total. The van der Waals surface area contributed by atoms with Crippen molar-refractivity contribution in [3.05, 3.63) is 18.2 Å². The molecule has 1 aromatic carbocycles. The quantitative estimate of drug-likeness (QED) is 0.785. The fourth-order valence-electron chi connectivity index (χ4n) is 3.92. The number of anilines is 1. The summed E-state index contributed by atoms with van der Waals surface area (Å²) < 4.78 is 10.6. The Morgan fingerprint density at radius 3 is 2.52 bits per heavy atom. The van der Waals surface area contributed by atoms with Crippen LogP contribution in [0.1, 0.15) is 26.2 Å². The molecule has 1 N–H and O–H groups in total. The van der Waals surface area contributed by atoms with Crippen LogP contribution >= 0.6 is 0 Å². The lowest BCUT2D eigenvalue weighted by Crippen LogP contribution is -2.45. The zero-order valence-corrected chi connectivity index (χ0v) is 16.4. The van der Waals surface area contributed by atoms with E-state index in [9.17, 15) is 9.59 Å². The molecule has 0 aromatic heterocycles. The first-order valence-electron chi connectivity index (χ1n) is 9.62. The Balaban J connectivity index is 1.77. The van der Waals surface area contributed by atoms with Crippen molar-refractivity contribution in [1.82, 2.24) is 10.2 Å². The molecule has 27 heavy (non-hydrogen) atoms. The van der Waals surface area contributed by atoms with Gasteiger partial charge in [-0.15, -0.1) is 0 Å². The number of benzene rings is 1. The van der Waals surface area contributed by atoms with Gasteiger partial charge in [-0.3, -0.25) is 9.59 Å². The number of hydrogen-bond donors (Lipinski definition) is 1. The van der Waals surface area contributed by atoms with Crippen molar-refractivity contribution < 1.29 is 19.1 Å². The normalized spacial score (nSPS) is 22.2. The predicted molar refractivity (Wildman–Crippen MR) is 103 cm³/mol. The molecule has 0 saturated carbocycles. The summed E-state index contributed by atoms with van der Waals surface area (Å²) in [5.41, 5.74) is 0.705. The van der Waals surface area contributed by atoms with Crippen molar-refractivity contribution >= 4 is 17.5 Å². The zero-order valence-electron chi connectivity index (χ0n) is 16.4. The van der Waals surface area contributed by atoms with E-state index in [1.165, 1.54) is 0 Å². The molecule has 2 saturated heterocycles. The van der Waals surface area contributed by atoms with Gasteiger partial charge in [0.25, 0.3) is 0 Å². The van der Waals surface area contributed by atoms with Crippen molar-refractivity contribution in [2.24, 2.45) is 5.92 Å². The van der Waals surface area contributed by atoms with Crippen molar-refractivity contribution in [1.29, 1.82) is 0 Å². The van der Waals surface area contributed by atoms with E-state index >= 15 is 0 Å². The van der Waals surface area contributed by atoms with Crippen molar-refractivity contribution in [3.63, 3.8) is 0 Å². The Bertz CT molecular complexity index is 666. The van der Waals surface area contributed by atoms with Gasteiger partial charge in [0.05, 0.1) is 25.8 Å². The summed E-state index contributed by atoms with van der Waals surface area (Å²) in [6.07, 6.45) is 2.14. The SMILES string of the molecule is CCCN(C(=O)C1CC(=O)N(c2cc(OC)cc(OC)c2)C1)C1CCNC1. The van der Waals surface area contributed by atoms with Crippen LogP contribution in [0.3, 0.4) is 0 Å². The summed E-state index contributed by atoms with van der Waals surface area (Å²) in [5.74, 6) is 0.996. The van der Waals surface area contributed by atoms with Crippen LogP contribution in [0.2, 0.25) is 0 Å². The number of hydrogen-bond acceptors (Lipinski definition) is 5. The van der Waals surface area contributed by atoms with Crippen LogP contribution in [0.4, 0.5) is 5.69 Å². The molecule has 0 spiro atoms. The highest BCUT2D eigenvalue weighted by Crippen LogP contribution is 2.33. The molecule has 3 rings (SSSR count). The number of carbonyl (C=O) groups is 2. The Morgan fingerprint density at radius 1 is 1.26 bits per heavy atom. The molecule has 2 amide bonds. The third-order valence-electron chi connectivity index (χ3n) is 5.34. The molecule has 0 bridgehead atoms. The van der Waals surface area contributed by atoms with E-state index in [1.807, 2.05) is 4.90 Å². The van der Waals surface area contributed by atoms with Gasteiger partial charge in [-0.25, -0.2) is 0 Å². The lowest BCUT2D eigenvalue weighted by atomic mass is 10.0. The molecule has 2 heterocycles. The maximum absolute atomic E-state index is 13.2. The summed E-state index contributed by atoms with van der Waals surface area (Å²) in [6.45, 7) is 5.00. The van der Waals surface area contributed by atoms with Crippen LogP contribution in [0, 0.1) is 5.92 Å². The molecule has 148 valence electrons. The van der Waals surface area contributed by atoms with Gasteiger partial charge in [-0.2, -0.15) is 0 Å². The third kappa shape index (κ3) is 4.18. The Labute approximate surface area is 160 Å². The van der Waals surface area contributed by atoms with Crippen LogP contribution in [0.25, 0.3) is 0 Å². The molecule has 2 fully saturated rings. The number of nitrogens with zero attached hydrogens (tertiary/aromatic N) is 2. The second-order valence-electron chi connectivity index (χ2n) is 7.15. The number of nitrogens with one attached hydrogen (secondary N) is 1. The topological polar surface area (TPSA) is 71.1 Å². The van der Waals surface area contributed by atoms with Crippen molar-refractivity contribution in [2.75, 3.05) is 45.3 Å². The first kappa shape index (κ1) is 19.5. The second-order valence-corrected chi connectivity index (χ2v) is 7.15. The molecular formula is C20H29N3O4. The summed E-state index contributed by atoms with van der Waals surface area (Å²) in [4.78, 5) is 29.5. The van der Waals surface area contributed by atoms with Gasteiger partial charge < -0.3 is 24.6 Å². The summed E-state index contributed by atoms with van der Waals surface area (Å²) in [5, 5.41) is 3.33. The minimum absolute atomic E-state index is 0.0374. The Kier molecular flexibility index (Phi) is 6.21. The Morgan fingerprint density at radius 2 is 1.96 bits per heavy atom. The average Bonchev–Trinajstić information content (AvgIpc) is 3.35. The monoisotopic (exact) mass is 375 g/mol. The molecule has 1 aromatic rings. The minimum atomic E-state index is -0.304. The molecule has 2 atom stereocenters. The summed E-state index contributed by atoms with van der Waals surface area (Å²) in [7, 11) is 3.16. The minimum Gasteiger partial charge on any atom is -0.497 e. The van der Waals surface area contributed by atoms with Crippen LogP contribution in [-0.2, 0) is 9.59 Å². The van der Waals surface area contributed by atoms with E-state index in [-0.39, 0.29) is 30.2 Å². The summed E-state index contributed by atoms with van der Waals surface area (Å²) in [6, 6.07) is 5.61. The van der Waals surface area contributed by atoms with E-state index in [1.54, 1.807) is 37.3 Å². The van der Waals surface area contributed by atoms with Gasteiger partial charge >= 0.3 is 0 Å². The first-order chi connectivity index (χ1) is 13.1. The number of amides is 2. The number of methoxy groups -OCH3 is 2. The molecular weight excluding hydrogens is 346 g/mol. The standard InChI is InChI=1S/C20H29N3O4/c1-4-7-22(15-5-6-21-12-15)20(25)14-8-19(24)23(13-14)16-9-17(26-2)11-18(10-16)27-3/h9-11,14-15,21H,4-8,12-13H2,1-3H3. The van der Waals surface area contributed by atoms with E-state index in [0.717, 1.165) is 32.5 Å². The molecule has 2 aliphatic rings. The third-order valence-corrected chi connectivity index (χ3v) is 5.34. The van der Waals surface area contributed by atoms with Crippen molar-refractivity contribution in [2.45, 2.75) is 32.2 Å². The molecule has 2 aliphatic heterocycles. The summed E-state index contributed by atoms with van der Waals surface area (Å²) >= 11 is 0. The Hall–Kier alpha value is -2.28. The zero-order chi connectivity index (χ0) is 19.4. The van der Waals surface area contributed by atoms with Gasteiger partial charge in [0.15, 0.2) is 0 Å². The molecule has 0 radical (unpaired) electrons. The highest BCUT2D eigenvalue weighted by molar-refractivity contribution is 6.00. The van der Waals surface area contributed by atoms with Crippen molar-refractivity contribution in [3.8, 4) is 11.5 Å². The average molecular weight is 375 g/mol. The van der Waals surface area contributed by atoms with Gasteiger partial charge in [-0.1, -0.05) is 6.92 Å². The second kappa shape index (κ2) is 8.61. The van der Waals surface area contributed by atoms with Gasteiger partial charge in [0.1, 0.15) is 11.5 Å². The van der Waals surface area contributed by atoms with E-state index in [4.69, 9.17) is 9.47 Å². The van der Waals surface area contributed by atoms with Gasteiger partial charge in [0.2, 0.25) is 11.8 Å². The molecule has 2 unspecified atom stereocenters. The highest BCUT2D eigenvalue weighted by atomic mass is 16.5. The lowest BCUT2D eigenvalue weighted by Gasteiger charge is -2.30. The number of rotatable bonds is 7.